The molecule has 4 heteroatoms. The van der Waals surface area contributed by atoms with Gasteiger partial charge in [0.25, 0.3) is 0 Å². The fourth-order valence-electron chi connectivity index (χ4n) is 9.17. The molecule has 0 aromatic heterocycles. The summed E-state index contributed by atoms with van der Waals surface area (Å²) in [6, 6.07) is 57.9. The fourth-order valence-corrected chi connectivity index (χ4v) is 11.5. The lowest BCUT2D eigenvalue weighted by molar-refractivity contribution is 0.444. The Kier molecular flexibility index (Phi) is 9.38. The highest BCUT2D eigenvalue weighted by atomic mass is 28.3. The van der Waals surface area contributed by atoms with E-state index in [9.17, 15) is 0 Å². The molecule has 1 aliphatic carbocycles. The Hall–Kier alpha value is -5.17. The summed E-state index contributed by atoms with van der Waals surface area (Å²) in [5, 5.41) is 10.9. The van der Waals surface area contributed by atoms with Crippen LogP contribution in [0, 0.1) is 0 Å². The van der Waals surface area contributed by atoms with Crippen molar-refractivity contribution in [1.82, 2.24) is 0 Å². The number of anilines is 6. The summed E-state index contributed by atoms with van der Waals surface area (Å²) in [6.45, 7) is 14.6. The van der Waals surface area contributed by atoms with E-state index < -0.39 is 16.1 Å². The lowest BCUT2D eigenvalue weighted by atomic mass is 9.82. The molecule has 1 fully saturated rings. The fraction of sp³-hybridized carbons (Fsp3) is 0.231. The van der Waals surface area contributed by atoms with E-state index in [1.165, 1.54) is 103 Å². The van der Waals surface area contributed by atoms with Crippen LogP contribution in [-0.2, 0) is 0 Å². The predicted molar refractivity (Wildman–Crippen MR) is 251 cm³/mol. The van der Waals surface area contributed by atoms with E-state index >= 15 is 0 Å². The van der Waals surface area contributed by atoms with E-state index in [1.807, 2.05) is 0 Å². The van der Waals surface area contributed by atoms with Crippen molar-refractivity contribution in [3.8, 4) is 0 Å². The minimum absolute atomic E-state index is 0.650. The van der Waals surface area contributed by atoms with E-state index in [1.54, 1.807) is 0 Å². The second-order valence-electron chi connectivity index (χ2n) is 18.1. The molecule has 0 spiro atoms. The van der Waals surface area contributed by atoms with Crippen molar-refractivity contribution in [3.63, 3.8) is 0 Å². The van der Waals surface area contributed by atoms with Gasteiger partial charge in [-0.15, -0.1) is 8.07 Å². The van der Waals surface area contributed by atoms with Crippen LogP contribution in [0.3, 0.4) is 0 Å². The molecule has 9 rings (SSSR count). The molecular formula is C52H54N2Si2-. The van der Waals surface area contributed by atoms with E-state index in [-0.39, 0.29) is 0 Å². The normalized spacial score (nSPS) is 14.2. The van der Waals surface area contributed by atoms with Crippen molar-refractivity contribution in [1.29, 1.82) is 0 Å². The van der Waals surface area contributed by atoms with Gasteiger partial charge in [-0.25, -0.2) is 0 Å². The summed E-state index contributed by atoms with van der Waals surface area (Å²) in [6.07, 6.45) is 6.64. The standard InChI is InChI=1S/C52H54N2Si2/c1-55(2,3)45-28-24-43(25-29-45)53(41-18-12-8-13-19-41)49-36-50(54(42-20-14-9-15-21-42)44-26-30-46(31-27-44)56(4,5)6)48-33-23-39-35-40(37-16-10-7-11-17-37)34-38-22-32-47(49)52(48)51(38)39/h8-9,12-15,18-37H,7,10-11,16-17H2,1-6H3/q-1. The van der Waals surface area contributed by atoms with E-state index in [0.29, 0.717) is 5.92 Å². The first-order valence-corrected chi connectivity index (χ1v) is 27.7. The molecule has 1 saturated carbocycles. The Balaban J connectivity index is 1.36. The average molecular weight is 763 g/mol. The maximum Gasteiger partial charge on any atom is 0.0775 e. The minimum atomic E-state index is -1.49. The van der Waals surface area contributed by atoms with Crippen LogP contribution in [0.25, 0.3) is 32.3 Å². The van der Waals surface area contributed by atoms with Crippen LogP contribution in [0.2, 0.25) is 39.3 Å². The zero-order valence-corrected chi connectivity index (χ0v) is 35.9. The van der Waals surface area contributed by atoms with Gasteiger partial charge in [-0.05, 0) is 95.1 Å². The van der Waals surface area contributed by atoms with Gasteiger partial charge in [0.15, 0.2) is 0 Å². The van der Waals surface area contributed by atoms with Gasteiger partial charge >= 0.3 is 0 Å². The molecule has 0 aliphatic heterocycles. The average Bonchev–Trinajstić information content (AvgIpc) is 3.21. The highest BCUT2D eigenvalue weighted by Crippen LogP contribution is 2.50. The first-order valence-electron chi connectivity index (χ1n) is 20.7. The molecule has 0 amide bonds. The molecule has 8 aromatic carbocycles. The van der Waals surface area contributed by atoms with Crippen molar-refractivity contribution in [3.05, 3.63) is 157 Å². The molecule has 0 atom stereocenters. The van der Waals surface area contributed by atoms with Crippen molar-refractivity contribution < 1.29 is 0 Å². The molecule has 8 aromatic rings. The number of nitrogens with zero attached hydrogens (tertiary/aromatic N) is 2. The van der Waals surface area contributed by atoms with Crippen LogP contribution in [0.4, 0.5) is 34.1 Å². The largest absolute Gasteiger partial charge is 0.310 e. The Morgan fingerprint density at radius 2 is 0.946 bits per heavy atom. The van der Waals surface area contributed by atoms with Gasteiger partial charge in [-0.2, -0.15) is 24.8 Å². The first kappa shape index (κ1) is 36.5. The SMILES string of the molecule is C[Si](C)(C)c1ccc(N(c2ccccc2)c2cc(N(c3ccccc3)c3ccc([Si-](C)(C)C)cc3)c3ccc4cc(C5CCCCC5)cc5ccc2c3c54)cc1. The van der Waals surface area contributed by atoms with Gasteiger partial charge < -0.3 is 9.80 Å². The zero-order valence-electron chi connectivity index (χ0n) is 33.9. The van der Waals surface area contributed by atoms with Gasteiger partial charge in [0.1, 0.15) is 0 Å². The Bertz CT molecular complexity index is 2440. The Morgan fingerprint density at radius 3 is 1.41 bits per heavy atom. The molecule has 1 aliphatic rings. The number of benzene rings is 8. The smallest absolute Gasteiger partial charge is 0.0775 e. The molecule has 0 unspecified atom stereocenters. The van der Waals surface area contributed by atoms with Crippen LogP contribution in [0.15, 0.2) is 152 Å². The van der Waals surface area contributed by atoms with E-state index in [4.69, 9.17) is 0 Å². The highest BCUT2D eigenvalue weighted by Gasteiger charge is 2.26. The summed E-state index contributed by atoms with van der Waals surface area (Å²) in [5.74, 6) is 0.650. The second kappa shape index (κ2) is 14.4. The zero-order chi connectivity index (χ0) is 38.6. The topological polar surface area (TPSA) is 6.48 Å². The van der Waals surface area contributed by atoms with Crippen LogP contribution in [-0.4, -0.2) is 16.1 Å². The van der Waals surface area contributed by atoms with E-state index in [0.717, 1.165) is 11.4 Å². The number of hydrogen-bond acceptors (Lipinski definition) is 2. The number of para-hydroxylation sites is 2. The summed E-state index contributed by atoms with van der Waals surface area (Å²) < 4.78 is 0. The molecule has 2 nitrogen and oxygen atoms in total. The van der Waals surface area contributed by atoms with Gasteiger partial charge in [0, 0.05) is 38.9 Å². The molecule has 0 radical (unpaired) electrons. The summed E-state index contributed by atoms with van der Waals surface area (Å²) in [5.41, 5.74) is 8.53. The van der Waals surface area contributed by atoms with Crippen molar-refractivity contribution in [2.75, 3.05) is 9.80 Å². The molecular weight excluding hydrogens is 709 g/mol. The summed E-state index contributed by atoms with van der Waals surface area (Å²) >= 11 is 0. The summed E-state index contributed by atoms with van der Waals surface area (Å²) in [4.78, 5) is 4.99. The molecule has 0 bridgehead atoms. The maximum atomic E-state index is 2.53. The van der Waals surface area contributed by atoms with Crippen LogP contribution in [0.1, 0.15) is 43.6 Å². The first-order chi connectivity index (χ1) is 27.0. The third-order valence-electron chi connectivity index (χ3n) is 12.3. The lowest BCUT2D eigenvalue weighted by Gasteiger charge is -2.33. The molecule has 0 N–H and O–H groups in total. The minimum Gasteiger partial charge on any atom is -0.310 e. The quantitative estimate of drug-likeness (QED) is 0.107. The Labute approximate surface area is 335 Å². The van der Waals surface area contributed by atoms with Gasteiger partial charge in [0.2, 0.25) is 0 Å². The van der Waals surface area contributed by atoms with Gasteiger partial charge in [-0.1, -0.05) is 141 Å². The van der Waals surface area contributed by atoms with Crippen molar-refractivity contribution in [2.45, 2.75) is 77.3 Å². The third kappa shape index (κ3) is 6.73. The van der Waals surface area contributed by atoms with Gasteiger partial charge in [0.05, 0.1) is 19.4 Å². The Morgan fingerprint density at radius 1 is 0.482 bits per heavy atom. The molecule has 0 heterocycles. The predicted octanol–water partition coefficient (Wildman–Crippen LogP) is 14.7. The van der Waals surface area contributed by atoms with Crippen molar-refractivity contribution in [2.24, 2.45) is 0 Å². The number of rotatable bonds is 9. The summed E-state index contributed by atoms with van der Waals surface area (Å²) in [7, 11) is -2.99. The maximum absolute atomic E-state index is 2.53. The van der Waals surface area contributed by atoms with E-state index in [2.05, 4.69) is 201 Å². The monoisotopic (exact) mass is 762 g/mol. The second-order valence-corrected chi connectivity index (χ2v) is 28.3. The van der Waals surface area contributed by atoms with Crippen LogP contribution < -0.4 is 20.2 Å². The molecule has 56 heavy (non-hydrogen) atoms. The number of hydrogen-bond donors (Lipinski definition) is 0. The van der Waals surface area contributed by atoms with Gasteiger partial charge in [-0.3, -0.25) is 0 Å². The highest BCUT2D eigenvalue weighted by molar-refractivity contribution is 6.89. The molecule has 0 saturated heterocycles. The van der Waals surface area contributed by atoms with Crippen LogP contribution in [0.5, 0.6) is 0 Å². The van der Waals surface area contributed by atoms with Crippen LogP contribution >= 0.6 is 0 Å². The third-order valence-corrected chi connectivity index (χ3v) is 16.4. The molecule has 281 valence electrons. The van der Waals surface area contributed by atoms with Crippen molar-refractivity contribution >= 4 is 93.0 Å². The lowest BCUT2D eigenvalue weighted by Crippen LogP contribution is -2.37.